The van der Waals surface area contributed by atoms with Crippen LogP contribution in [0.15, 0.2) is 72.8 Å². The number of allylic oxidation sites excluding steroid dienone is 3. The van der Waals surface area contributed by atoms with Gasteiger partial charge < -0.3 is 10.2 Å². The van der Waals surface area contributed by atoms with Gasteiger partial charge in [-0.1, -0.05) is 87.2 Å². The Morgan fingerprint density at radius 3 is 2.52 bits per heavy atom. The molecular weight excluding hydrogens is 376 g/mol. The van der Waals surface area contributed by atoms with Crippen LogP contribution in [0.2, 0.25) is 0 Å². The molecule has 0 amide bonds. The molecule has 31 heavy (non-hydrogen) atoms. The summed E-state index contributed by atoms with van der Waals surface area (Å²) in [6.07, 6.45) is 9.53. The smallest absolute Gasteiger partial charge is 0.0565 e. The number of nitrogens with zero attached hydrogens (tertiary/aromatic N) is 1. The summed E-state index contributed by atoms with van der Waals surface area (Å²) in [6, 6.07) is 17.5. The van der Waals surface area contributed by atoms with Crippen LogP contribution in [0.1, 0.15) is 52.2 Å². The highest BCUT2D eigenvalue weighted by Gasteiger charge is 2.40. The van der Waals surface area contributed by atoms with E-state index in [1.54, 1.807) is 0 Å². The molecule has 0 saturated heterocycles. The van der Waals surface area contributed by atoms with Crippen LogP contribution in [0.5, 0.6) is 0 Å². The zero-order valence-electron chi connectivity index (χ0n) is 19.9. The number of hydrogen-bond acceptors (Lipinski definition) is 2. The number of anilines is 2. The molecule has 0 radical (unpaired) electrons. The van der Waals surface area contributed by atoms with Crippen molar-refractivity contribution in [2.24, 2.45) is 0 Å². The molecule has 2 heteroatoms. The lowest BCUT2D eigenvalue weighted by atomic mass is 9.80. The third-order valence-electron chi connectivity index (χ3n) is 6.27. The first-order chi connectivity index (χ1) is 14.8. The van der Waals surface area contributed by atoms with Gasteiger partial charge >= 0.3 is 0 Å². The minimum Gasteiger partial charge on any atom is -0.385 e. The zero-order valence-corrected chi connectivity index (χ0v) is 19.9. The second kappa shape index (κ2) is 9.48. The van der Waals surface area contributed by atoms with E-state index in [4.69, 9.17) is 0 Å². The third-order valence-corrected chi connectivity index (χ3v) is 6.27. The Balaban J connectivity index is 1.70. The number of para-hydroxylation sites is 2. The molecule has 0 spiro atoms. The fourth-order valence-electron chi connectivity index (χ4n) is 4.49. The van der Waals surface area contributed by atoms with E-state index in [9.17, 15) is 0 Å². The lowest BCUT2D eigenvalue weighted by Gasteiger charge is -2.29. The summed E-state index contributed by atoms with van der Waals surface area (Å²) < 4.78 is 0. The number of fused-ring (bicyclic) bond motifs is 1. The van der Waals surface area contributed by atoms with Gasteiger partial charge in [0, 0.05) is 30.4 Å². The van der Waals surface area contributed by atoms with Crippen molar-refractivity contribution in [3.8, 4) is 11.8 Å². The molecule has 2 aromatic carbocycles. The Hall–Kier alpha value is -2.92. The first-order valence-electron chi connectivity index (χ1n) is 11.3. The molecule has 0 aliphatic carbocycles. The Morgan fingerprint density at radius 2 is 1.77 bits per heavy atom. The van der Waals surface area contributed by atoms with Crippen molar-refractivity contribution in [2.45, 2.75) is 57.9 Å². The molecule has 1 heterocycles. The number of nitrogens with one attached hydrogen (secondary N) is 1. The maximum atomic E-state index is 3.53. The van der Waals surface area contributed by atoms with Crippen molar-refractivity contribution >= 4 is 11.4 Å². The van der Waals surface area contributed by atoms with Crippen molar-refractivity contribution in [3.05, 3.63) is 84.0 Å². The van der Waals surface area contributed by atoms with E-state index >= 15 is 0 Å². The van der Waals surface area contributed by atoms with Crippen LogP contribution < -0.4 is 10.2 Å². The fraction of sp³-hybridized carbons (Fsp3) is 0.379. The van der Waals surface area contributed by atoms with E-state index in [0.717, 1.165) is 13.0 Å². The summed E-state index contributed by atoms with van der Waals surface area (Å²) >= 11 is 0. The monoisotopic (exact) mass is 412 g/mol. The van der Waals surface area contributed by atoms with E-state index in [0.29, 0.717) is 6.04 Å². The van der Waals surface area contributed by atoms with Crippen LogP contribution in [0.4, 0.5) is 11.4 Å². The van der Waals surface area contributed by atoms with Gasteiger partial charge in [-0.3, -0.25) is 0 Å². The van der Waals surface area contributed by atoms with Gasteiger partial charge in [0.25, 0.3) is 0 Å². The topological polar surface area (TPSA) is 15.3 Å². The van der Waals surface area contributed by atoms with Crippen LogP contribution in [0.3, 0.4) is 0 Å². The van der Waals surface area contributed by atoms with E-state index < -0.39 is 0 Å². The van der Waals surface area contributed by atoms with E-state index in [2.05, 4.69) is 130 Å². The Morgan fingerprint density at radius 1 is 1.06 bits per heavy atom. The van der Waals surface area contributed by atoms with Crippen LogP contribution in [0.25, 0.3) is 0 Å². The first-order valence-corrected chi connectivity index (χ1v) is 11.3. The lowest BCUT2D eigenvalue weighted by molar-refractivity contribution is 0.488. The number of likely N-dealkylation sites (N-methyl/N-ethyl adjacent to an activating group) is 1. The normalized spacial score (nSPS) is 17.6. The van der Waals surface area contributed by atoms with Gasteiger partial charge in [0.1, 0.15) is 0 Å². The number of rotatable bonds is 6. The summed E-state index contributed by atoms with van der Waals surface area (Å²) in [5, 5.41) is 3.53. The molecule has 1 aliphatic heterocycles. The summed E-state index contributed by atoms with van der Waals surface area (Å²) in [7, 11) is 2.18. The molecule has 0 bridgehead atoms. The fourth-order valence-corrected chi connectivity index (χ4v) is 4.49. The van der Waals surface area contributed by atoms with Gasteiger partial charge in [-0.15, -0.1) is 0 Å². The van der Waals surface area contributed by atoms with Crippen LogP contribution in [0, 0.1) is 11.8 Å². The third kappa shape index (κ3) is 4.88. The molecule has 0 fully saturated rings. The minimum absolute atomic E-state index is 0.0819. The molecular formula is C29H36N2. The zero-order chi connectivity index (χ0) is 22.5. The van der Waals surface area contributed by atoms with Gasteiger partial charge in [0.2, 0.25) is 0 Å². The Labute approximate surface area is 189 Å². The maximum absolute atomic E-state index is 3.53. The number of benzene rings is 2. The van der Waals surface area contributed by atoms with Crippen LogP contribution in [-0.4, -0.2) is 19.6 Å². The summed E-state index contributed by atoms with van der Waals surface area (Å²) in [6.45, 7) is 12.2. The molecule has 0 saturated carbocycles. The van der Waals surface area contributed by atoms with E-state index in [1.807, 2.05) is 6.08 Å². The van der Waals surface area contributed by atoms with Crippen molar-refractivity contribution in [1.82, 2.24) is 0 Å². The van der Waals surface area contributed by atoms with Gasteiger partial charge in [-0.2, -0.15) is 0 Å². The number of hydrogen-bond donors (Lipinski definition) is 1. The average Bonchev–Trinajstić information content (AvgIpc) is 2.95. The quantitative estimate of drug-likeness (QED) is 0.419. The molecule has 162 valence electrons. The molecule has 3 rings (SSSR count). The predicted molar refractivity (Wildman–Crippen MR) is 136 cm³/mol. The van der Waals surface area contributed by atoms with Crippen molar-refractivity contribution in [3.63, 3.8) is 0 Å². The molecule has 1 unspecified atom stereocenters. The molecule has 2 aromatic rings. The van der Waals surface area contributed by atoms with Gasteiger partial charge in [0.15, 0.2) is 0 Å². The largest absolute Gasteiger partial charge is 0.385 e. The Kier molecular flexibility index (Phi) is 6.96. The average molecular weight is 413 g/mol. The Bertz CT molecular complexity index is 1010. The minimum atomic E-state index is -0.222. The molecule has 1 N–H and O–H groups in total. The lowest BCUT2D eigenvalue weighted by Crippen LogP contribution is -2.37. The second-order valence-electron chi connectivity index (χ2n) is 9.41. The standard InChI is InChI=1S/C29H36N2/c1-7-22-30-25-18-13-11-16-23(25)28(2,3)21-15-9-8-10-20-27-29(4,5)24-17-12-14-19-26(24)31(27)6/h8-14,16-20,27,30H,7,22H2,1-6H3/b9-8+,20-10+. The van der Waals surface area contributed by atoms with Crippen LogP contribution >= 0.6 is 0 Å². The highest BCUT2D eigenvalue weighted by atomic mass is 15.2. The highest BCUT2D eigenvalue weighted by Crippen LogP contribution is 2.44. The highest BCUT2D eigenvalue weighted by molar-refractivity contribution is 5.64. The van der Waals surface area contributed by atoms with Crippen molar-refractivity contribution in [2.75, 3.05) is 23.8 Å². The van der Waals surface area contributed by atoms with Gasteiger partial charge in [-0.05, 0) is 49.6 Å². The molecule has 1 aliphatic rings. The van der Waals surface area contributed by atoms with E-state index in [-0.39, 0.29) is 10.8 Å². The van der Waals surface area contributed by atoms with E-state index in [1.165, 1.54) is 22.5 Å². The van der Waals surface area contributed by atoms with Crippen molar-refractivity contribution < 1.29 is 0 Å². The van der Waals surface area contributed by atoms with Gasteiger partial charge in [0.05, 0.1) is 11.5 Å². The van der Waals surface area contributed by atoms with Gasteiger partial charge in [-0.25, -0.2) is 0 Å². The molecule has 1 atom stereocenters. The first kappa shape index (κ1) is 22.8. The molecule has 0 aromatic heterocycles. The summed E-state index contributed by atoms with van der Waals surface area (Å²) in [5.41, 5.74) is 5.01. The summed E-state index contributed by atoms with van der Waals surface area (Å²) in [4.78, 5) is 2.37. The maximum Gasteiger partial charge on any atom is 0.0565 e. The second-order valence-corrected chi connectivity index (χ2v) is 9.41. The predicted octanol–water partition coefficient (Wildman–Crippen LogP) is 6.70. The molecule has 2 nitrogen and oxygen atoms in total. The SMILES string of the molecule is CCCNc1ccccc1C(C)(C)C#C/C=C/C=C/C1N(C)c2ccccc2C1(C)C. The van der Waals surface area contributed by atoms with Crippen molar-refractivity contribution in [1.29, 1.82) is 0 Å². The van der Waals surface area contributed by atoms with Crippen LogP contribution in [-0.2, 0) is 10.8 Å². The summed E-state index contributed by atoms with van der Waals surface area (Å²) in [5.74, 6) is 6.70.